The van der Waals surface area contributed by atoms with Crippen LogP contribution in [0.5, 0.6) is 0 Å². The van der Waals surface area contributed by atoms with Gasteiger partial charge in [0, 0.05) is 48.6 Å². The van der Waals surface area contributed by atoms with Crippen molar-refractivity contribution in [3.05, 3.63) is 95.6 Å². The number of nitrogens with one attached hydrogen (secondary N) is 1. The first-order chi connectivity index (χ1) is 24.8. The number of amides is 1. The van der Waals surface area contributed by atoms with Crippen molar-refractivity contribution in [1.29, 1.82) is 0 Å². The van der Waals surface area contributed by atoms with Crippen molar-refractivity contribution in [1.82, 2.24) is 24.6 Å². The van der Waals surface area contributed by atoms with Crippen LogP contribution in [0.3, 0.4) is 0 Å². The Balaban J connectivity index is 1.41. The first-order valence-corrected chi connectivity index (χ1v) is 18.5. The van der Waals surface area contributed by atoms with Gasteiger partial charge in [0.25, 0.3) is 5.91 Å². The lowest BCUT2D eigenvalue weighted by Crippen LogP contribution is -2.27. The summed E-state index contributed by atoms with van der Waals surface area (Å²) in [4.78, 5) is 25.8. The molecule has 0 bridgehead atoms. The summed E-state index contributed by atoms with van der Waals surface area (Å²) < 4.78 is 79.2. The number of halogens is 3. The lowest BCUT2D eigenvalue weighted by molar-refractivity contribution is 0.0964. The molecule has 0 aliphatic carbocycles. The van der Waals surface area contributed by atoms with Gasteiger partial charge in [-0.3, -0.25) is 18.4 Å². The standard InChI is InChI=1S/C38H33F3N6O4S/c1-20-7-6-14-46(20)19-34-43-29-13-12-28(44-36(29)32-17-23-26(40)8-5-9-30(23)47(32)34)24-16-25-33(18-31(24)45(3)52(4,49)50)51-37(35(25)38(48)42-2)22-11-10-21(39)15-27(22)41/h5,8-13,15-18,20H,6-7,14,19H2,1-4H3,(H,42,48)/t20-/m0/s1. The van der Waals surface area contributed by atoms with E-state index >= 15 is 8.78 Å². The van der Waals surface area contributed by atoms with E-state index in [1.165, 1.54) is 32.3 Å². The van der Waals surface area contributed by atoms with Gasteiger partial charge in [-0.05, 0) is 74.8 Å². The first-order valence-electron chi connectivity index (χ1n) is 16.7. The molecule has 7 aromatic rings. The molecule has 14 heteroatoms. The number of likely N-dealkylation sites (tertiary alicyclic amines) is 1. The number of benzene rings is 3. The molecule has 0 spiro atoms. The van der Waals surface area contributed by atoms with Crippen LogP contribution in [0.2, 0.25) is 0 Å². The normalized spacial score (nSPS) is 15.4. The molecule has 1 amide bonds. The molecule has 8 rings (SSSR count). The van der Waals surface area contributed by atoms with E-state index in [-0.39, 0.29) is 39.4 Å². The van der Waals surface area contributed by atoms with Crippen molar-refractivity contribution in [3.63, 3.8) is 0 Å². The maximum Gasteiger partial charge on any atom is 0.255 e. The van der Waals surface area contributed by atoms with Crippen LogP contribution in [0.25, 0.3) is 61.0 Å². The van der Waals surface area contributed by atoms with E-state index in [2.05, 4.69) is 17.1 Å². The molecule has 0 unspecified atom stereocenters. The van der Waals surface area contributed by atoms with Crippen LogP contribution in [0.1, 0.15) is 35.9 Å². The van der Waals surface area contributed by atoms with Gasteiger partial charge in [0.1, 0.15) is 34.4 Å². The van der Waals surface area contributed by atoms with Crippen LogP contribution in [0.15, 0.2) is 71.1 Å². The zero-order valence-electron chi connectivity index (χ0n) is 28.7. The second-order valence-electron chi connectivity index (χ2n) is 13.2. The summed E-state index contributed by atoms with van der Waals surface area (Å²) in [7, 11) is -1.06. The Hall–Kier alpha value is -5.47. The summed E-state index contributed by atoms with van der Waals surface area (Å²) in [5.41, 5.74) is 2.99. The van der Waals surface area contributed by atoms with E-state index in [1.54, 1.807) is 30.3 Å². The van der Waals surface area contributed by atoms with Crippen LogP contribution in [-0.4, -0.2) is 66.5 Å². The first kappa shape index (κ1) is 33.7. The fourth-order valence-electron chi connectivity index (χ4n) is 7.22. The number of hydrogen-bond donors (Lipinski definition) is 1. The van der Waals surface area contributed by atoms with Crippen molar-refractivity contribution >= 4 is 60.0 Å². The van der Waals surface area contributed by atoms with Gasteiger partial charge in [-0.25, -0.2) is 31.6 Å². The number of pyridine rings is 1. The maximum atomic E-state index is 15.3. The van der Waals surface area contributed by atoms with Gasteiger partial charge in [-0.15, -0.1) is 0 Å². The van der Waals surface area contributed by atoms with E-state index in [0.29, 0.717) is 57.4 Å². The third-order valence-electron chi connectivity index (χ3n) is 10.0. The predicted octanol–water partition coefficient (Wildman–Crippen LogP) is 7.27. The highest BCUT2D eigenvalue weighted by Crippen LogP contribution is 2.42. The smallest absolute Gasteiger partial charge is 0.255 e. The quantitative estimate of drug-likeness (QED) is 0.184. The van der Waals surface area contributed by atoms with Crippen LogP contribution < -0.4 is 9.62 Å². The summed E-state index contributed by atoms with van der Waals surface area (Å²) in [6.45, 7) is 3.66. The molecule has 1 aliphatic heterocycles. The Kier molecular flexibility index (Phi) is 7.99. The lowest BCUT2D eigenvalue weighted by atomic mass is 10.0. The van der Waals surface area contributed by atoms with Gasteiger partial charge in [-0.2, -0.15) is 0 Å². The molecule has 10 nitrogen and oxygen atoms in total. The SMILES string of the molecule is CNC(=O)c1c(-c2ccc(F)cc2F)oc2cc(N(C)S(C)(=O)=O)c(-c3ccc4nc(CN5CCC[C@@H]5C)n5c6cccc(F)c6cc5c4n3)cc12. The Morgan fingerprint density at radius 2 is 1.79 bits per heavy atom. The number of carbonyl (C=O) groups is 1. The monoisotopic (exact) mass is 726 g/mol. The van der Waals surface area contributed by atoms with Crippen molar-refractivity contribution in [2.45, 2.75) is 32.4 Å². The van der Waals surface area contributed by atoms with Gasteiger partial charge < -0.3 is 9.73 Å². The van der Waals surface area contributed by atoms with Crippen molar-refractivity contribution in [2.75, 3.05) is 31.2 Å². The Morgan fingerprint density at radius 1 is 0.981 bits per heavy atom. The number of carbonyl (C=O) groups excluding carboxylic acids is 1. The molecule has 5 heterocycles. The number of rotatable bonds is 7. The number of nitrogens with zero attached hydrogens (tertiary/aromatic N) is 5. The van der Waals surface area contributed by atoms with Gasteiger partial charge >= 0.3 is 0 Å². The predicted molar refractivity (Wildman–Crippen MR) is 194 cm³/mol. The van der Waals surface area contributed by atoms with Gasteiger partial charge in [0.15, 0.2) is 5.76 Å². The van der Waals surface area contributed by atoms with Crippen molar-refractivity contribution < 1.29 is 30.8 Å². The zero-order chi connectivity index (χ0) is 36.6. The third kappa shape index (κ3) is 5.44. The third-order valence-corrected chi connectivity index (χ3v) is 11.2. The maximum absolute atomic E-state index is 15.3. The highest BCUT2D eigenvalue weighted by molar-refractivity contribution is 7.92. The molecule has 4 aromatic heterocycles. The van der Waals surface area contributed by atoms with Crippen molar-refractivity contribution in [2.24, 2.45) is 0 Å². The molecule has 1 aliphatic rings. The molecule has 1 saturated heterocycles. The zero-order valence-corrected chi connectivity index (χ0v) is 29.5. The summed E-state index contributed by atoms with van der Waals surface area (Å²) in [5, 5.41) is 3.21. The number of fused-ring (bicyclic) bond motifs is 6. The molecule has 1 N–H and O–H groups in total. The second-order valence-corrected chi connectivity index (χ2v) is 15.2. The molecule has 1 fully saturated rings. The van der Waals surface area contributed by atoms with Crippen LogP contribution in [0, 0.1) is 17.5 Å². The second kappa shape index (κ2) is 12.3. The van der Waals surface area contributed by atoms with E-state index < -0.39 is 27.6 Å². The molecule has 0 saturated carbocycles. The topological polar surface area (TPSA) is 113 Å². The highest BCUT2D eigenvalue weighted by atomic mass is 32.2. The Labute approximate surface area is 296 Å². The van der Waals surface area contributed by atoms with Crippen LogP contribution >= 0.6 is 0 Å². The molecule has 3 aromatic carbocycles. The minimum Gasteiger partial charge on any atom is -0.455 e. The molecule has 266 valence electrons. The number of aromatic nitrogens is 3. The molecule has 0 radical (unpaired) electrons. The molecule has 1 atom stereocenters. The van der Waals surface area contributed by atoms with E-state index in [1.807, 2.05) is 10.5 Å². The largest absolute Gasteiger partial charge is 0.455 e. The minimum absolute atomic E-state index is 0.0308. The van der Waals surface area contributed by atoms with Crippen LogP contribution in [0.4, 0.5) is 18.9 Å². The fourth-order valence-corrected chi connectivity index (χ4v) is 7.73. The molecular weight excluding hydrogens is 694 g/mol. The molecular formula is C38H33F3N6O4S. The Bertz CT molecular complexity index is 2730. The van der Waals surface area contributed by atoms with Gasteiger partial charge in [0.2, 0.25) is 10.0 Å². The number of hydrogen-bond acceptors (Lipinski definition) is 7. The number of sulfonamides is 1. The van der Waals surface area contributed by atoms with Gasteiger partial charge in [-0.1, -0.05) is 6.07 Å². The van der Waals surface area contributed by atoms with E-state index in [4.69, 9.17) is 14.4 Å². The van der Waals surface area contributed by atoms with E-state index in [9.17, 15) is 17.6 Å². The van der Waals surface area contributed by atoms with Gasteiger partial charge in [0.05, 0.1) is 51.9 Å². The summed E-state index contributed by atoms with van der Waals surface area (Å²) in [6, 6.07) is 16.4. The fraction of sp³-hybridized carbons (Fsp3) is 0.237. The number of furan rings is 1. The lowest BCUT2D eigenvalue weighted by Gasteiger charge is -2.22. The Morgan fingerprint density at radius 3 is 2.50 bits per heavy atom. The molecule has 52 heavy (non-hydrogen) atoms. The summed E-state index contributed by atoms with van der Waals surface area (Å²) in [5.74, 6) is -2.16. The number of anilines is 1. The summed E-state index contributed by atoms with van der Waals surface area (Å²) >= 11 is 0. The average molecular weight is 727 g/mol. The summed E-state index contributed by atoms with van der Waals surface area (Å²) in [6.07, 6.45) is 3.20. The van der Waals surface area contributed by atoms with E-state index in [0.717, 1.165) is 41.8 Å². The van der Waals surface area contributed by atoms with Crippen LogP contribution in [-0.2, 0) is 16.6 Å². The van der Waals surface area contributed by atoms with Crippen molar-refractivity contribution in [3.8, 4) is 22.6 Å². The highest BCUT2D eigenvalue weighted by Gasteiger charge is 2.29. The minimum atomic E-state index is -3.84. The average Bonchev–Trinajstić information content (AvgIpc) is 3.82.